The summed E-state index contributed by atoms with van der Waals surface area (Å²) in [5.41, 5.74) is -0.0546. The van der Waals surface area contributed by atoms with E-state index in [0.717, 1.165) is 31.7 Å². The summed E-state index contributed by atoms with van der Waals surface area (Å²) in [5, 5.41) is 3.25. The molecule has 9 heteroatoms. The SMILES string of the molecule is O=C(Cn1cnc2ccc(F)cc2c1=O)N1CCN(C(=O)NC2CCCCC2)CC1. The van der Waals surface area contributed by atoms with E-state index in [1.165, 1.54) is 29.4 Å². The van der Waals surface area contributed by atoms with Gasteiger partial charge < -0.3 is 15.1 Å². The second-order valence-electron chi connectivity index (χ2n) is 7.99. The maximum atomic E-state index is 13.5. The van der Waals surface area contributed by atoms with Crippen LogP contribution in [0.15, 0.2) is 29.3 Å². The quantitative estimate of drug-likeness (QED) is 0.827. The Kier molecular flexibility index (Phi) is 5.96. The number of urea groups is 1. The molecule has 0 bridgehead atoms. The summed E-state index contributed by atoms with van der Waals surface area (Å²) in [4.78, 5) is 45.2. The van der Waals surface area contributed by atoms with Crippen LogP contribution in [0, 0.1) is 5.82 Å². The molecule has 2 aliphatic rings. The van der Waals surface area contributed by atoms with Gasteiger partial charge in [-0.3, -0.25) is 14.2 Å². The van der Waals surface area contributed by atoms with Gasteiger partial charge in [-0.15, -0.1) is 0 Å². The van der Waals surface area contributed by atoms with Gasteiger partial charge in [0.2, 0.25) is 5.91 Å². The predicted octanol–water partition coefficient (Wildman–Crippen LogP) is 1.72. The smallest absolute Gasteiger partial charge is 0.317 e. The molecule has 1 aliphatic carbocycles. The normalized spacial score (nSPS) is 17.9. The number of nitrogens with one attached hydrogen (secondary N) is 1. The molecular formula is C21H26FN5O3. The highest BCUT2D eigenvalue weighted by atomic mass is 19.1. The van der Waals surface area contributed by atoms with Crippen LogP contribution in [0.1, 0.15) is 32.1 Å². The van der Waals surface area contributed by atoms with Crippen LogP contribution in [-0.2, 0) is 11.3 Å². The van der Waals surface area contributed by atoms with Gasteiger partial charge >= 0.3 is 6.03 Å². The zero-order valence-electron chi connectivity index (χ0n) is 16.8. The average molecular weight is 415 g/mol. The molecule has 1 aliphatic heterocycles. The van der Waals surface area contributed by atoms with Crippen molar-refractivity contribution in [2.45, 2.75) is 44.7 Å². The first-order valence-corrected chi connectivity index (χ1v) is 10.5. The van der Waals surface area contributed by atoms with Crippen LogP contribution >= 0.6 is 0 Å². The fraction of sp³-hybridized carbons (Fsp3) is 0.524. The minimum Gasteiger partial charge on any atom is -0.338 e. The van der Waals surface area contributed by atoms with Crippen molar-refractivity contribution in [3.8, 4) is 0 Å². The lowest BCUT2D eigenvalue weighted by molar-refractivity contribution is -0.133. The number of halogens is 1. The lowest BCUT2D eigenvalue weighted by Gasteiger charge is -2.36. The van der Waals surface area contributed by atoms with Crippen LogP contribution in [0.4, 0.5) is 9.18 Å². The molecule has 0 unspecified atom stereocenters. The molecule has 0 spiro atoms. The summed E-state index contributed by atoms with van der Waals surface area (Å²) in [6.45, 7) is 1.59. The van der Waals surface area contributed by atoms with Crippen molar-refractivity contribution < 1.29 is 14.0 Å². The minimum atomic E-state index is -0.520. The molecule has 1 saturated heterocycles. The average Bonchev–Trinajstić information content (AvgIpc) is 2.77. The van der Waals surface area contributed by atoms with Crippen molar-refractivity contribution >= 4 is 22.8 Å². The second kappa shape index (κ2) is 8.81. The molecule has 8 nitrogen and oxygen atoms in total. The van der Waals surface area contributed by atoms with Gasteiger partial charge in [0.15, 0.2) is 0 Å². The minimum absolute atomic E-state index is 0.0639. The molecule has 2 aromatic rings. The molecular weight excluding hydrogens is 389 g/mol. The molecule has 160 valence electrons. The second-order valence-corrected chi connectivity index (χ2v) is 7.99. The highest BCUT2D eigenvalue weighted by Crippen LogP contribution is 2.18. The van der Waals surface area contributed by atoms with Crippen molar-refractivity contribution in [3.05, 3.63) is 40.7 Å². The number of carbonyl (C=O) groups excluding carboxylic acids is 2. The molecule has 30 heavy (non-hydrogen) atoms. The number of amides is 3. The van der Waals surface area contributed by atoms with Crippen molar-refractivity contribution in [1.82, 2.24) is 24.7 Å². The molecule has 4 rings (SSSR count). The maximum absolute atomic E-state index is 13.5. The molecule has 2 heterocycles. The molecule has 2 fully saturated rings. The highest BCUT2D eigenvalue weighted by Gasteiger charge is 2.26. The van der Waals surface area contributed by atoms with E-state index in [0.29, 0.717) is 31.7 Å². The number of piperazine rings is 1. The zero-order valence-corrected chi connectivity index (χ0v) is 16.8. The van der Waals surface area contributed by atoms with Gasteiger partial charge in [0, 0.05) is 32.2 Å². The lowest BCUT2D eigenvalue weighted by atomic mass is 9.96. The van der Waals surface area contributed by atoms with Crippen molar-refractivity contribution in [2.75, 3.05) is 26.2 Å². The summed E-state index contributed by atoms with van der Waals surface area (Å²) in [6.07, 6.45) is 6.92. The molecule has 0 atom stereocenters. The Labute approximate surface area is 173 Å². The largest absolute Gasteiger partial charge is 0.338 e. The van der Waals surface area contributed by atoms with Crippen LogP contribution < -0.4 is 10.9 Å². The third-order valence-corrected chi connectivity index (χ3v) is 5.94. The van der Waals surface area contributed by atoms with Crippen LogP contribution in [-0.4, -0.2) is 63.5 Å². The van der Waals surface area contributed by atoms with Gasteiger partial charge in [0.25, 0.3) is 5.56 Å². The van der Waals surface area contributed by atoms with Gasteiger partial charge in [0.1, 0.15) is 12.4 Å². The van der Waals surface area contributed by atoms with Crippen molar-refractivity contribution in [1.29, 1.82) is 0 Å². The Hall–Kier alpha value is -2.97. The summed E-state index contributed by atoms with van der Waals surface area (Å²) in [6, 6.07) is 4.01. The molecule has 3 amide bonds. The van der Waals surface area contributed by atoms with Crippen molar-refractivity contribution in [3.63, 3.8) is 0 Å². The molecule has 0 radical (unpaired) electrons. The van der Waals surface area contributed by atoms with Crippen LogP contribution in [0.25, 0.3) is 10.9 Å². The third-order valence-electron chi connectivity index (χ3n) is 5.94. The number of fused-ring (bicyclic) bond motifs is 1. The first kappa shape index (κ1) is 20.3. The number of aromatic nitrogens is 2. The third kappa shape index (κ3) is 4.44. The molecule has 1 aromatic carbocycles. The summed E-state index contributed by atoms with van der Waals surface area (Å²) in [5.74, 6) is -0.741. The van der Waals surface area contributed by atoms with Crippen LogP contribution in [0.3, 0.4) is 0 Å². The van der Waals surface area contributed by atoms with E-state index in [-0.39, 0.29) is 29.9 Å². The van der Waals surface area contributed by atoms with E-state index in [1.807, 2.05) is 0 Å². The van der Waals surface area contributed by atoms with E-state index in [2.05, 4.69) is 10.3 Å². The monoisotopic (exact) mass is 415 g/mol. The Balaban J connectivity index is 1.33. The fourth-order valence-corrected chi connectivity index (χ4v) is 4.16. The van der Waals surface area contributed by atoms with Gasteiger partial charge in [0.05, 0.1) is 17.2 Å². The predicted molar refractivity (Wildman–Crippen MR) is 110 cm³/mol. The first-order valence-electron chi connectivity index (χ1n) is 10.5. The van der Waals surface area contributed by atoms with E-state index in [9.17, 15) is 18.8 Å². The van der Waals surface area contributed by atoms with Crippen LogP contribution in [0.2, 0.25) is 0 Å². The summed E-state index contributed by atoms with van der Waals surface area (Å²) < 4.78 is 14.7. The van der Waals surface area contributed by atoms with E-state index >= 15 is 0 Å². The van der Waals surface area contributed by atoms with Gasteiger partial charge in [-0.25, -0.2) is 14.2 Å². The number of hydrogen-bond acceptors (Lipinski definition) is 4. The lowest BCUT2D eigenvalue weighted by Crippen LogP contribution is -2.55. The van der Waals surface area contributed by atoms with Crippen molar-refractivity contribution in [2.24, 2.45) is 0 Å². The molecule has 1 aromatic heterocycles. The Morgan fingerprint density at radius 2 is 1.77 bits per heavy atom. The van der Waals surface area contributed by atoms with E-state index in [1.54, 1.807) is 9.80 Å². The zero-order chi connectivity index (χ0) is 21.1. The van der Waals surface area contributed by atoms with E-state index in [4.69, 9.17) is 0 Å². The fourth-order valence-electron chi connectivity index (χ4n) is 4.16. The Morgan fingerprint density at radius 1 is 1.07 bits per heavy atom. The highest BCUT2D eigenvalue weighted by molar-refractivity contribution is 5.79. The Bertz CT molecular complexity index is 994. The van der Waals surface area contributed by atoms with Gasteiger partial charge in [-0.05, 0) is 31.0 Å². The topological polar surface area (TPSA) is 87.5 Å². The number of benzene rings is 1. The van der Waals surface area contributed by atoms with Gasteiger partial charge in [-0.1, -0.05) is 19.3 Å². The van der Waals surface area contributed by atoms with E-state index < -0.39 is 11.4 Å². The summed E-state index contributed by atoms with van der Waals surface area (Å²) >= 11 is 0. The molecule has 1 saturated carbocycles. The standard InChI is InChI=1S/C21H26FN5O3/c22-15-6-7-18-17(12-15)20(29)27(14-23-18)13-19(28)25-8-10-26(11-9-25)21(30)24-16-4-2-1-3-5-16/h6-7,12,14,16H,1-5,8-11,13H2,(H,24,30). The number of hydrogen-bond donors (Lipinski definition) is 1. The number of nitrogens with zero attached hydrogens (tertiary/aromatic N) is 4. The van der Waals surface area contributed by atoms with Crippen LogP contribution in [0.5, 0.6) is 0 Å². The summed E-state index contributed by atoms with van der Waals surface area (Å²) in [7, 11) is 0. The molecule has 1 N–H and O–H groups in total. The maximum Gasteiger partial charge on any atom is 0.317 e. The number of rotatable bonds is 3. The van der Waals surface area contributed by atoms with Gasteiger partial charge in [-0.2, -0.15) is 0 Å². The number of carbonyl (C=O) groups is 2. The first-order chi connectivity index (χ1) is 14.5. The Morgan fingerprint density at radius 3 is 2.50 bits per heavy atom.